The van der Waals surface area contributed by atoms with Gasteiger partial charge < -0.3 is 14.4 Å². The van der Waals surface area contributed by atoms with E-state index in [4.69, 9.17) is 23.2 Å². The molecule has 0 spiro atoms. The fourth-order valence-electron chi connectivity index (χ4n) is 3.18. The molecule has 6 nitrogen and oxygen atoms in total. The van der Waals surface area contributed by atoms with E-state index in [2.05, 4.69) is 19.8 Å². The Morgan fingerprint density at radius 3 is 2.36 bits per heavy atom. The van der Waals surface area contributed by atoms with Gasteiger partial charge in [-0.25, -0.2) is 0 Å². The minimum atomic E-state index is -0.107. The summed E-state index contributed by atoms with van der Waals surface area (Å²) >= 11 is 12.2. The van der Waals surface area contributed by atoms with Gasteiger partial charge in [0.15, 0.2) is 0 Å². The van der Waals surface area contributed by atoms with Crippen molar-refractivity contribution in [1.29, 1.82) is 0 Å². The zero-order valence-corrected chi connectivity index (χ0v) is 15.2. The number of halogens is 2. The van der Waals surface area contributed by atoms with E-state index in [1.165, 1.54) is 0 Å². The number of hydrogen-bond donors (Lipinski definition) is 1. The van der Waals surface area contributed by atoms with Crippen LogP contribution in [0.5, 0.6) is 0 Å². The maximum absolute atomic E-state index is 12.2. The number of rotatable bonds is 2. The molecule has 1 N–H and O–H groups in total. The van der Waals surface area contributed by atoms with Crippen LogP contribution in [0.25, 0.3) is 11.0 Å². The first kappa shape index (κ1) is 16.3. The van der Waals surface area contributed by atoms with Gasteiger partial charge in [-0.3, -0.25) is 9.78 Å². The Kier molecular flexibility index (Phi) is 4.09. The Bertz CT molecular complexity index is 968. The molecular weight excluding hydrogens is 361 g/mol. The average Bonchev–Trinajstić information content (AvgIpc) is 2.96. The predicted molar refractivity (Wildman–Crippen MR) is 102 cm³/mol. The Labute approximate surface area is 154 Å². The minimum absolute atomic E-state index is 0.107. The van der Waals surface area contributed by atoms with Gasteiger partial charge in [-0.1, -0.05) is 23.2 Å². The molecule has 1 saturated heterocycles. The second-order valence-electron chi connectivity index (χ2n) is 6.16. The molecule has 8 heteroatoms. The van der Waals surface area contributed by atoms with E-state index in [0.717, 1.165) is 31.9 Å². The third kappa shape index (κ3) is 3.07. The largest absolute Gasteiger partial charge is 0.368 e. The topological polar surface area (TPSA) is 57.2 Å². The van der Waals surface area contributed by atoms with Crippen LogP contribution in [0.4, 0.5) is 11.6 Å². The monoisotopic (exact) mass is 377 g/mol. The van der Waals surface area contributed by atoms with Crippen molar-refractivity contribution >= 4 is 45.9 Å². The summed E-state index contributed by atoms with van der Waals surface area (Å²) in [4.78, 5) is 24.1. The Morgan fingerprint density at radius 1 is 1.04 bits per heavy atom. The fourth-order valence-corrected chi connectivity index (χ4v) is 3.70. The molecule has 0 aliphatic carbocycles. The lowest BCUT2D eigenvalue weighted by atomic mass is 10.2. The number of H-pyrrole nitrogens is 1. The van der Waals surface area contributed by atoms with Gasteiger partial charge in [-0.15, -0.1) is 0 Å². The van der Waals surface area contributed by atoms with Crippen molar-refractivity contribution in [1.82, 2.24) is 14.5 Å². The normalized spacial score (nSPS) is 15.2. The number of benzene rings is 1. The first-order valence-electron chi connectivity index (χ1n) is 8.02. The number of anilines is 2. The molecule has 0 radical (unpaired) electrons. The van der Waals surface area contributed by atoms with Crippen LogP contribution in [0, 0.1) is 0 Å². The quantitative estimate of drug-likeness (QED) is 0.745. The van der Waals surface area contributed by atoms with E-state index in [-0.39, 0.29) is 5.56 Å². The van der Waals surface area contributed by atoms with Gasteiger partial charge in [0.2, 0.25) is 5.95 Å². The van der Waals surface area contributed by atoms with Gasteiger partial charge in [0.25, 0.3) is 5.56 Å². The van der Waals surface area contributed by atoms with Gasteiger partial charge in [0.1, 0.15) is 5.65 Å². The molecule has 1 fully saturated rings. The molecule has 25 heavy (non-hydrogen) atoms. The highest BCUT2D eigenvalue weighted by molar-refractivity contribution is 6.35. The van der Waals surface area contributed by atoms with Crippen molar-refractivity contribution in [3.05, 3.63) is 50.9 Å². The molecule has 0 atom stereocenters. The number of nitrogens with one attached hydrogen (secondary N) is 1. The van der Waals surface area contributed by atoms with Gasteiger partial charge in [0.05, 0.1) is 5.39 Å². The van der Waals surface area contributed by atoms with Crippen molar-refractivity contribution in [2.24, 2.45) is 7.05 Å². The predicted octanol–water partition coefficient (Wildman–Crippen LogP) is 2.90. The molecule has 130 valence electrons. The lowest BCUT2D eigenvalue weighted by Crippen LogP contribution is -2.47. The smallest absolute Gasteiger partial charge is 0.261 e. The van der Waals surface area contributed by atoms with Gasteiger partial charge >= 0.3 is 0 Å². The van der Waals surface area contributed by atoms with Crippen molar-refractivity contribution < 1.29 is 0 Å². The first-order valence-corrected chi connectivity index (χ1v) is 8.78. The number of piperazine rings is 1. The first-order chi connectivity index (χ1) is 12.0. The SMILES string of the molecule is Cn1ccc2c(=O)[nH]c(N3CCN(c4cc(Cl)cc(Cl)c4)CC3)nc21. The second-order valence-corrected chi connectivity index (χ2v) is 7.03. The molecular formula is C17H17Cl2N5O. The molecule has 0 saturated carbocycles. The zero-order chi connectivity index (χ0) is 17.6. The van der Waals surface area contributed by atoms with Crippen molar-refractivity contribution in [2.75, 3.05) is 36.0 Å². The second kappa shape index (κ2) is 6.28. The summed E-state index contributed by atoms with van der Waals surface area (Å²) in [5.41, 5.74) is 1.60. The van der Waals surface area contributed by atoms with Gasteiger partial charge in [-0.2, -0.15) is 4.98 Å². The highest BCUT2D eigenvalue weighted by Crippen LogP contribution is 2.26. The minimum Gasteiger partial charge on any atom is -0.368 e. The van der Waals surface area contributed by atoms with Crippen LogP contribution in [0.2, 0.25) is 10.0 Å². The van der Waals surface area contributed by atoms with Gasteiger partial charge in [0, 0.05) is 55.2 Å². The average molecular weight is 378 g/mol. The standard InChI is InChI=1S/C17H17Cl2N5O/c1-22-3-2-14-15(22)20-17(21-16(14)25)24-6-4-23(5-7-24)13-9-11(18)8-12(19)10-13/h2-3,8-10H,4-7H2,1H3,(H,20,21,25). The lowest BCUT2D eigenvalue weighted by molar-refractivity contribution is 0.640. The zero-order valence-electron chi connectivity index (χ0n) is 13.7. The summed E-state index contributed by atoms with van der Waals surface area (Å²) < 4.78 is 1.86. The van der Waals surface area contributed by atoms with Crippen molar-refractivity contribution in [3.63, 3.8) is 0 Å². The lowest BCUT2D eigenvalue weighted by Gasteiger charge is -2.36. The maximum atomic E-state index is 12.2. The summed E-state index contributed by atoms with van der Waals surface area (Å²) in [5.74, 6) is 0.614. The fraction of sp³-hybridized carbons (Fsp3) is 0.294. The summed E-state index contributed by atoms with van der Waals surface area (Å²) in [6, 6.07) is 7.34. The van der Waals surface area contributed by atoms with Gasteiger partial charge in [-0.05, 0) is 24.3 Å². The molecule has 1 aliphatic rings. The van der Waals surface area contributed by atoms with Crippen molar-refractivity contribution in [3.8, 4) is 0 Å². The molecule has 1 aliphatic heterocycles. The summed E-state index contributed by atoms with van der Waals surface area (Å²) in [7, 11) is 1.89. The number of hydrogen-bond acceptors (Lipinski definition) is 4. The molecule has 2 aromatic heterocycles. The number of aryl methyl sites for hydroxylation is 1. The van der Waals surface area contributed by atoms with E-state index in [1.54, 1.807) is 12.1 Å². The van der Waals surface area contributed by atoms with Crippen LogP contribution in [-0.4, -0.2) is 40.7 Å². The molecule has 0 bridgehead atoms. The third-order valence-electron chi connectivity index (χ3n) is 4.51. The number of fused-ring (bicyclic) bond motifs is 1. The Hall–Kier alpha value is -2.18. The molecule has 3 aromatic rings. The number of aromatic nitrogens is 3. The van der Waals surface area contributed by atoms with Crippen molar-refractivity contribution in [2.45, 2.75) is 0 Å². The van der Waals surface area contributed by atoms with Crippen LogP contribution < -0.4 is 15.4 Å². The summed E-state index contributed by atoms with van der Waals surface area (Å²) in [6.45, 7) is 3.10. The van der Waals surface area contributed by atoms with Crippen LogP contribution in [0.15, 0.2) is 35.3 Å². The van der Waals surface area contributed by atoms with E-state index in [1.807, 2.05) is 29.9 Å². The summed E-state index contributed by atoms with van der Waals surface area (Å²) in [5, 5.41) is 1.87. The molecule has 0 amide bonds. The number of nitrogens with zero attached hydrogens (tertiary/aromatic N) is 4. The van der Waals surface area contributed by atoms with E-state index in [0.29, 0.717) is 27.0 Å². The highest BCUT2D eigenvalue weighted by atomic mass is 35.5. The van der Waals surface area contributed by atoms with Crippen LogP contribution in [0.3, 0.4) is 0 Å². The Balaban J connectivity index is 1.56. The molecule has 3 heterocycles. The highest BCUT2D eigenvalue weighted by Gasteiger charge is 2.20. The van der Waals surface area contributed by atoms with Crippen LogP contribution in [0.1, 0.15) is 0 Å². The van der Waals surface area contributed by atoms with E-state index < -0.39 is 0 Å². The maximum Gasteiger partial charge on any atom is 0.261 e. The third-order valence-corrected chi connectivity index (χ3v) is 4.95. The Morgan fingerprint density at radius 2 is 1.68 bits per heavy atom. The molecule has 1 aromatic carbocycles. The number of aromatic amines is 1. The molecule has 4 rings (SSSR count). The van der Waals surface area contributed by atoms with Crippen LogP contribution in [-0.2, 0) is 7.05 Å². The van der Waals surface area contributed by atoms with E-state index >= 15 is 0 Å². The summed E-state index contributed by atoms with van der Waals surface area (Å²) in [6.07, 6.45) is 1.84. The van der Waals surface area contributed by atoms with Crippen LogP contribution >= 0.6 is 23.2 Å². The molecule has 0 unspecified atom stereocenters. The van der Waals surface area contributed by atoms with E-state index in [9.17, 15) is 4.79 Å².